The number of carbonyl (C=O) groups excluding carboxylic acids is 1. The quantitative estimate of drug-likeness (QED) is 0.875. The molecular weight excluding hydrogens is 264 g/mol. The Kier molecular flexibility index (Phi) is 5.53. The Morgan fingerprint density at radius 3 is 2.76 bits per heavy atom. The van der Waals surface area contributed by atoms with Gasteiger partial charge in [-0.25, -0.2) is 9.97 Å². The highest BCUT2D eigenvalue weighted by Gasteiger charge is 2.19. The van der Waals surface area contributed by atoms with Crippen LogP contribution in [-0.2, 0) is 0 Å². The van der Waals surface area contributed by atoms with Crippen LogP contribution in [0.2, 0.25) is 0 Å². The van der Waals surface area contributed by atoms with Gasteiger partial charge >= 0.3 is 0 Å². The predicted octanol–water partition coefficient (Wildman–Crippen LogP) is 2.69. The third-order valence-electron chi connectivity index (χ3n) is 3.95. The fourth-order valence-corrected chi connectivity index (χ4v) is 2.66. The zero-order valence-corrected chi connectivity index (χ0v) is 13.4. The first-order valence-electron chi connectivity index (χ1n) is 7.98. The molecule has 2 rings (SSSR count). The first-order valence-corrected chi connectivity index (χ1v) is 7.98. The number of carbonyl (C=O) groups is 1. The number of aryl methyl sites for hydroxylation is 1. The molecule has 1 amide bonds. The molecule has 5 heteroatoms. The predicted molar refractivity (Wildman–Crippen MR) is 84.7 cm³/mol. The van der Waals surface area contributed by atoms with E-state index in [1.807, 2.05) is 18.9 Å². The topological polar surface area (TPSA) is 58.1 Å². The van der Waals surface area contributed by atoms with Crippen molar-refractivity contribution in [3.8, 4) is 0 Å². The van der Waals surface area contributed by atoms with Crippen LogP contribution >= 0.6 is 0 Å². The second-order valence-electron chi connectivity index (χ2n) is 5.92. The molecule has 1 saturated carbocycles. The van der Waals surface area contributed by atoms with Crippen molar-refractivity contribution in [3.05, 3.63) is 17.5 Å². The molecule has 21 heavy (non-hydrogen) atoms. The molecule has 0 spiro atoms. The highest BCUT2D eigenvalue weighted by molar-refractivity contribution is 5.92. The van der Waals surface area contributed by atoms with Crippen LogP contribution in [0.4, 0.5) is 5.95 Å². The lowest BCUT2D eigenvalue weighted by Gasteiger charge is -2.18. The lowest BCUT2D eigenvalue weighted by molar-refractivity contribution is 0.0932. The third-order valence-corrected chi connectivity index (χ3v) is 3.95. The maximum absolute atomic E-state index is 12.3. The fourth-order valence-electron chi connectivity index (χ4n) is 2.66. The van der Waals surface area contributed by atoms with Crippen molar-refractivity contribution in [1.82, 2.24) is 15.3 Å². The van der Waals surface area contributed by atoms with Crippen molar-refractivity contribution in [2.75, 3.05) is 18.5 Å². The van der Waals surface area contributed by atoms with Gasteiger partial charge in [0.05, 0.1) is 0 Å². The average Bonchev–Trinajstić information content (AvgIpc) is 2.96. The molecule has 0 aliphatic heterocycles. The highest BCUT2D eigenvalue weighted by atomic mass is 16.1. The molecule has 116 valence electrons. The molecule has 5 nitrogen and oxygen atoms in total. The number of nitrogens with zero attached hydrogens (tertiary/aromatic N) is 3. The van der Waals surface area contributed by atoms with Crippen LogP contribution in [0, 0.1) is 6.92 Å². The summed E-state index contributed by atoms with van der Waals surface area (Å²) in [7, 11) is 1.98. The molecule has 0 bridgehead atoms. The number of hydrogen-bond donors (Lipinski definition) is 1. The van der Waals surface area contributed by atoms with Crippen molar-refractivity contribution in [1.29, 1.82) is 0 Å². The van der Waals surface area contributed by atoms with Gasteiger partial charge in [-0.2, -0.15) is 0 Å². The summed E-state index contributed by atoms with van der Waals surface area (Å²) in [5.74, 6) is 0.567. The fraction of sp³-hybridized carbons (Fsp3) is 0.688. The van der Waals surface area contributed by atoms with Crippen molar-refractivity contribution >= 4 is 11.9 Å². The molecule has 1 N–H and O–H groups in total. The summed E-state index contributed by atoms with van der Waals surface area (Å²) in [6.45, 7) is 4.97. The van der Waals surface area contributed by atoms with Crippen molar-refractivity contribution in [2.45, 2.75) is 58.4 Å². The first-order chi connectivity index (χ1) is 10.1. The van der Waals surface area contributed by atoms with Gasteiger partial charge in [0, 0.05) is 25.3 Å². The zero-order chi connectivity index (χ0) is 15.2. The summed E-state index contributed by atoms with van der Waals surface area (Å²) in [6.07, 6.45) is 6.80. The largest absolute Gasteiger partial charge is 0.348 e. The van der Waals surface area contributed by atoms with Crippen LogP contribution in [0.5, 0.6) is 0 Å². The molecule has 1 aromatic heterocycles. The second kappa shape index (κ2) is 7.38. The van der Waals surface area contributed by atoms with E-state index in [9.17, 15) is 4.79 Å². The van der Waals surface area contributed by atoms with Crippen LogP contribution in [-0.4, -0.2) is 35.5 Å². The lowest BCUT2D eigenvalue weighted by atomic mass is 10.2. The minimum absolute atomic E-state index is 0.0717. The number of aromatic nitrogens is 2. The molecule has 0 aromatic carbocycles. The monoisotopic (exact) mass is 290 g/mol. The van der Waals surface area contributed by atoms with Gasteiger partial charge in [-0.15, -0.1) is 0 Å². The number of hydrogen-bond acceptors (Lipinski definition) is 4. The van der Waals surface area contributed by atoms with E-state index in [1.54, 1.807) is 6.07 Å². The highest BCUT2D eigenvalue weighted by Crippen LogP contribution is 2.18. The summed E-state index contributed by atoms with van der Waals surface area (Å²) in [5.41, 5.74) is 1.31. The molecule has 0 atom stereocenters. The Hall–Kier alpha value is -1.65. The number of rotatable bonds is 6. The SMILES string of the molecule is CCCCN(C)c1nc(C)cc(C(=O)NC2CCCC2)n1. The van der Waals surface area contributed by atoms with Crippen LogP contribution in [0.3, 0.4) is 0 Å². The van der Waals surface area contributed by atoms with Crippen molar-refractivity contribution in [3.63, 3.8) is 0 Å². The molecular formula is C16H26N4O. The van der Waals surface area contributed by atoms with Gasteiger partial charge in [0.2, 0.25) is 5.95 Å². The van der Waals surface area contributed by atoms with Gasteiger partial charge in [0.15, 0.2) is 0 Å². The third kappa shape index (κ3) is 4.41. The Balaban J connectivity index is 2.08. The molecule has 0 saturated heterocycles. The first kappa shape index (κ1) is 15.7. The van der Waals surface area contributed by atoms with Gasteiger partial charge in [-0.1, -0.05) is 26.2 Å². The van der Waals surface area contributed by atoms with Crippen LogP contribution in [0.25, 0.3) is 0 Å². The van der Waals surface area contributed by atoms with E-state index < -0.39 is 0 Å². The summed E-state index contributed by atoms with van der Waals surface area (Å²) in [6, 6.07) is 2.08. The smallest absolute Gasteiger partial charge is 0.270 e. The summed E-state index contributed by atoms with van der Waals surface area (Å²) < 4.78 is 0. The summed E-state index contributed by atoms with van der Waals surface area (Å²) >= 11 is 0. The molecule has 1 fully saturated rings. The summed E-state index contributed by atoms with van der Waals surface area (Å²) in [4.78, 5) is 23.2. The second-order valence-corrected chi connectivity index (χ2v) is 5.92. The van der Waals surface area contributed by atoms with Gasteiger partial charge in [0.25, 0.3) is 5.91 Å². The minimum atomic E-state index is -0.0717. The van der Waals surface area contributed by atoms with Crippen LogP contribution in [0.15, 0.2) is 6.07 Å². The summed E-state index contributed by atoms with van der Waals surface area (Å²) in [5, 5.41) is 3.08. The maximum Gasteiger partial charge on any atom is 0.270 e. The van der Waals surface area contributed by atoms with Crippen molar-refractivity contribution < 1.29 is 4.79 Å². The Morgan fingerprint density at radius 2 is 2.10 bits per heavy atom. The van der Waals surface area contributed by atoms with E-state index in [0.29, 0.717) is 17.7 Å². The van der Waals surface area contributed by atoms with E-state index in [0.717, 1.165) is 37.9 Å². The van der Waals surface area contributed by atoms with E-state index >= 15 is 0 Å². The van der Waals surface area contributed by atoms with E-state index in [2.05, 4.69) is 22.2 Å². The van der Waals surface area contributed by atoms with Gasteiger partial charge < -0.3 is 10.2 Å². The lowest BCUT2D eigenvalue weighted by Crippen LogP contribution is -2.33. The zero-order valence-electron chi connectivity index (χ0n) is 13.4. The number of anilines is 1. The molecule has 0 unspecified atom stereocenters. The van der Waals surface area contributed by atoms with E-state index in [-0.39, 0.29) is 5.91 Å². The number of amides is 1. The van der Waals surface area contributed by atoms with E-state index in [4.69, 9.17) is 0 Å². The molecule has 1 aromatic rings. The maximum atomic E-state index is 12.3. The standard InChI is InChI=1S/C16H26N4O/c1-4-5-10-20(3)16-17-12(2)11-14(19-16)15(21)18-13-8-6-7-9-13/h11,13H,4-10H2,1-3H3,(H,18,21). The van der Waals surface area contributed by atoms with Gasteiger partial charge in [0.1, 0.15) is 5.69 Å². The minimum Gasteiger partial charge on any atom is -0.348 e. The normalized spacial score (nSPS) is 15.2. The Labute approximate surface area is 127 Å². The molecule has 1 aliphatic carbocycles. The number of unbranched alkanes of at least 4 members (excludes halogenated alkanes) is 1. The van der Waals surface area contributed by atoms with Gasteiger partial charge in [-0.3, -0.25) is 4.79 Å². The van der Waals surface area contributed by atoms with Crippen LogP contribution in [0.1, 0.15) is 61.6 Å². The van der Waals surface area contributed by atoms with E-state index in [1.165, 1.54) is 12.8 Å². The Bertz CT molecular complexity index is 483. The molecule has 1 aliphatic rings. The van der Waals surface area contributed by atoms with Crippen LogP contribution < -0.4 is 10.2 Å². The average molecular weight is 290 g/mol. The number of nitrogens with one attached hydrogen (secondary N) is 1. The van der Waals surface area contributed by atoms with Crippen molar-refractivity contribution in [2.24, 2.45) is 0 Å². The van der Waals surface area contributed by atoms with Gasteiger partial charge in [-0.05, 0) is 32.3 Å². The Morgan fingerprint density at radius 1 is 1.38 bits per heavy atom. The molecule has 0 radical (unpaired) electrons. The molecule has 1 heterocycles.